The first kappa shape index (κ1) is 15.0. The Morgan fingerprint density at radius 2 is 2.25 bits per heavy atom. The van der Waals surface area contributed by atoms with Gasteiger partial charge in [-0.25, -0.2) is 0 Å². The molecule has 0 fully saturated rings. The van der Waals surface area contributed by atoms with Gasteiger partial charge < -0.3 is 9.90 Å². The van der Waals surface area contributed by atoms with Gasteiger partial charge in [0.2, 0.25) is 0 Å². The number of unbranched alkanes of at least 4 members (excludes halogenated alkanes) is 1. The Kier molecular flexibility index (Phi) is 12.0. The minimum Gasteiger partial charge on any atom is -0.550 e. The van der Waals surface area contributed by atoms with Crippen LogP contribution in [-0.4, -0.2) is 11.3 Å². The Labute approximate surface area is 100 Å². The Balaban J connectivity index is 0. The average molecular weight is 199 g/mol. The van der Waals surface area contributed by atoms with Crippen molar-refractivity contribution in [2.75, 3.05) is 0 Å². The van der Waals surface area contributed by atoms with Crippen molar-refractivity contribution < 1.29 is 39.5 Å². The maximum Gasteiger partial charge on any atom is 1.00 e. The quantitative estimate of drug-likeness (QED) is 0.216. The molecule has 0 amide bonds. The zero-order valence-corrected chi connectivity index (χ0v) is 10.1. The maximum absolute atomic E-state index is 10.0. The summed E-state index contributed by atoms with van der Waals surface area (Å²) in [5.74, 6) is -1.08. The van der Waals surface area contributed by atoms with Crippen LogP contribution in [0.2, 0.25) is 0 Å². The van der Waals surface area contributed by atoms with E-state index >= 15 is 0 Å². The van der Waals surface area contributed by atoms with Crippen LogP contribution in [0.25, 0.3) is 0 Å². The largest absolute Gasteiger partial charge is 1.00 e. The smallest absolute Gasteiger partial charge is 0.550 e. The molecular weight excluding hydrogens is 187 g/mol. The number of alkyl halides is 1. The van der Waals surface area contributed by atoms with Gasteiger partial charge in [0.25, 0.3) is 0 Å². The van der Waals surface area contributed by atoms with E-state index in [1.807, 2.05) is 0 Å². The van der Waals surface area contributed by atoms with Crippen LogP contribution in [-0.2, 0) is 4.79 Å². The summed E-state index contributed by atoms with van der Waals surface area (Å²) in [5.41, 5.74) is 0. The first-order valence-electron chi connectivity index (χ1n) is 3.61. The van der Waals surface area contributed by atoms with E-state index in [2.05, 4.69) is 6.58 Å². The van der Waals surface area contributed by atoms with Crippen molar-refractivity contribution in [3.63, 3.8) is 0 Å². The molecule has 64 valence electrons. The Hall–Kier alpha value is 0.500. The van der Waals surface area contributed by atoms with Crippen molar-refractivity contribution in [3.05, 3.63) is 12.7 Å². The van der Waals surface area contributed by atoms with Crippen LogP contribution in [0.1, 0.15) is 25.7 Å². The van der Waals surface area contributed by atoms with Crippen molar-refractivity contribution in [2.45, 2.75) is 31.1 Å². The Bertz CT molecular complexity index is 139. The summed E-state index contributed by atoms with van der Waals surface area (Å²) in [5, 5.41) is 9.73. The number of hydrogen-bond donors (Lipinski definition) is 0. The van der Waals surface area contributed by atoms with E-state index in [0.717, 1.165) is 12.8 Å². The summed E-state index contributed by atoms with van der Waals surface area (Å²) >= 11 is 5.66. The number of carbonyl (C=O) groups excluding carboxylic acids is 1. The van der Waals surface area contributed by atoms with Crippen LogP contribution in [0.15, 0.2) is 12.7 Å². The summed E-state index contributed by atoms with van der Waals surface area (Å²) in [4.78, 5) is 10.0. The molecule has 0 saturated carbocycles. The van der Waals surface area contributed by atoms with E-state index in [4.69, 9.17) is 11.6 Å². The molecule has 0 bridgehead atoms. The fourth-order valence-corrected chi connectivity index (χ4v) is 1.05. The van der Waals surface area contributed by atoms with Crippen LogP contribution < -0.4 is 34.7 Å². The van der Waals surface area contributed by atoms with E-state index in [1.165, 1.54) is 0 Å². The van der Waals surface area contributed by atoms with Gasteiger partial charge >= 0.3 is 29.6 Å². The summed E-state index contributed by atoms with van der Waals surface area (Å²) in [7, 11) is 0. The molecule has 0 aliphatic carbocycles. The van der Waals surface area contributed by atoms with Crippen LogP contribution >= 0.6 is 11.6 Å². The molecule has 0 aromatic rings. The van der Waals surface area contributed by atoms with E-state index in [9.17, 15) is 9.90 Å². The van der Waals surface area contributed by atoms with Crippen molar-refractivity contribution >= 4 is 17.6 Å². The summed E-state index contributed by atoms with van der Waals surface area (Å²) in [6.45, 7) is 3.55. The molecule has 0 aliphatic heterocycles. The molecule has 12 heavy (non-hydrogen) atoms. The van der Waals surface area contributed by atoms with Gasteiger partial charge in [-0.3, -0.25) is 0 Å². The SMILES string of the molecule is C=CCCCC(Cl)CC(=O)[O-].[Na+]. The normalized spacial score (nSPS) is 11.4. The number of rotatable bonds is 6. The molecule has 0 aromatic heterocycles. The summed E-state index contributed by atoms with van der Waals surface area (Å²) < 4.78 is 0. The molecule has 1 unspecified atom stereocenters. The number of carboxylic acids is 1. The second kappa shape index (κ2) is 9.59. The first-order valence-corrected chi connectivity index (χ1v) is 4.05. The van der Waals surface area contributed by atoms with Gasteiger partial charge in [-0.1, -0.05) is 6.08 Å². The zero-order valence-electron chi connectivity index (χ0n) is 7.38. The van der Waals surface area contributed by atoms with E-state index in [-0.39, 0.29) is 41.4 Å². The topological polar surface area (TPSA) is 40.1 Å². The third-order valence-electron chi connectivity index (χ3n) is 1.31. The standard InChI is InChI=1S/C8H13ClO2.Na/c1-2-3-4-5-7(9)6-8(10)11;/h2,7H,1,3-6H2,(H,10,11);/q;+1/p-1. The van der Waals surface area contributed by atoms with Gasteiger partial charge in [0.05, 0.1) is 0 Å². The van der Waals surface area contributed by atoms with E-state index in [1.54, 1.807) is 6.08 Å². The predicted octanol–water partition coefficient (Wildman–Crippen LogP) is -1.91. The molecule has 0 radical (unpaired) electrons. The molecule has 0 saturated heterocycles. The molecule has 0 spiro atoms. The minimum absolute atomic E-state index is 0. The average Bonchev–Trinajstić information content (AvgIpc) is 1.86. The fourth-order valence-electron chi connectivity index (χ4n) is 0.767. The molecule has 1 atom stereocenters. The van der Waals surface area contributed by atoms with Gasteiger partial charge in [-0.05, 0) is 19.3 Å². The monoisotopic (exact) mass is 198 g/mol. The van der Waals surface area contributed by atoms with Crippen molar-refractivity contribution in [1.82, 2.24) is 0 Å². The number of halogens is 1. The fraction of sp³-hybridized carbons (Fsp3) is 0.625. The van der Waals surface area contributed by atoms with Gasteiger partial charge in [-0.2, -0.15) is 0 Å². The molecule has 2 nitrogen and oxygen atoms in total. The predicted molar refractivity (Wildman–Crippen MR) is 43.3 cm³/mol. The third-order valence-corrected chi connectivity index (χ3v) is 1.69. The maximum atomic E-state index is 10.0. The van der Waals surface area contributed by atoms with Crippen LogP contribution in [0.4, 0.5) is 0 Å². The minimum atomic E-state index is -1.08. The molecule has 4 heteroatoms. The molecule has 0 heterocycles. The van der Waals surface area contributed by atoms with Crippen LogP contribution in [0.3, 0.4) is 0 Å². The van der Waals surface area contributed by atoms with Gasteiger partial charge in [0.15, 0.2) is 0 Å². The number of carbonyl (C=O) groups is 1. The van der Waals surface area contributed by atoms with Gasteiger partial charge in [0, 0.05) is 17.8 Å². The van der Waals surface area contributed by atoms with Crippen molar-refractivity contribution in [3.8, 4) is 0 Å². The zero-order chi connectivity index (χ0) is 8.69. The number of carboxylic acid groups (broad SMARTS) is 1. The summed E-state index contributed by atoms with van der Waals surface area (Å²) in [6, 6.07) is 0. The number of hydrogen-bond acceptors (Lipinski definition) is 2. The summed E-state index contributed by atoms with van der Waals surface area (Å²) in [6.07, 6.45) is 4.23. The van der Waals surface area contributed by atoms with E-state index in [0.29, 0.717) is 6.42 Å². The van der Waals surface area contributed by atoms with Gasteiger partial charge in [0.1, 0.15) is 0 Å². The van der Waals surface area contributed by atoms with Crippen LogP contribution in [0.5, 0.6) is 0 Å². The molecule has 0 rings (SSSR count). The second-order valence-electron chi connectivity index (χ2n) is 2.39. The third kappa shape index (κ3) is 10.5. The van der Waals surface area contributed by atoms with Crippen molar-refractivity contribution in [2.24, 2.45) is 0 Å². The van der Waals surface area contributed by atoms with Crippen LogP contribution in [0, 0.1) is 0 Å². The molecular formula is C8H12ClNaO2. The number of aliphatic carboxylic acids is 1. The first-order chi connectivity index (χ1) is 5.16. The molecule has 0 aliphatic rings. The Morgan fingerprint density at radius 1 is 1.67 bits per heavy atom. The van der Waals surface area contributed by atoms with Crippen molar-refractivity contribution in [1.29, 1.82) is 0 Å². The molecule has 0 aromatic carbocycles. The van der Waals surface area contributed by atoms with Gasteiger partial charge in [-0.15, -0.1) is 18.2 Å². The number of allylic oxidation sites excluding steroid dienone is 1. The Morgan fingerprint density at radius 3 is 2.67 bits per heavy atom. The van der Waals surface area contributed by atoms with E-state index < -0.39 is 5.97 Å². The molecule has 0 N–H and O–H groups in total. The second-order valence-corrected chi connectivity index (χ2v) is 3.01.